The van der Waals surface area contributed by atoms with Crippen molar-refractivity contribution >= 4 is 0 Å². The van der Waals surface area contributed by atoms with E-state index in [2.05, 4.69) is 0 Å². The van der Waals surface area contributed by atoms with Crippen LogP contribution in [0.3, 0.4) is 0 Å². The number of ether oxygens (including phenoxy) is 1. The van der Waals surface area contributed by atoms with Crippen molar-refractivity contribution in [1.82, 2.24) is 0 Å². The molecular weight excluding hydrogens is 136 g/mol. The number of aliphatic hydroxyl groups is 3. The van der Waals surface area contributed by atoms with Gasteiger partial charge >= 0.3 is 0 Å². The van der Waals surface area contributed by atoms with Crippen LogP contribution >= 0.6 is 0 Å². The molecule has 1 aliphatic heterocycles. The Morgan fingerprint density at radius 1 is 1.20 bits per heavy atom. The predicted octanol–water partition coefficient (Wildman–Crippen LogP) is -1.51. The van der Waals surface area contributed by atoms with Crippen molar-refractivity contribution in [2.24, 2.45) is 0 Å². The predicted molar refractivity (Wildman–Crippen MR) is 33.4 cm³/mol. The van der Waals surface area contributed by atoms with E-state index in [4.69, 9.17) is 20.1 Å². The van der Waals surface area contributed by atoms with Crippen LogP contribution in [-0.4, -0.2) is 46.3 Å². The molecule has 1 saturated heterocycles. The molecule has 2 unspecified atom stereocenters. The number of hydrogen-bond acceptors (Lipinski definition) is 4. The van der Waals surface area contributed by atoms with Gasteiger partial charge in [0.1, 0.15) is 18.3 Å². The summed E-state index contributed by atoms with van der Waals surface area (Å²) in [7, 11) is 0. The molecule has 0 bridgehead atoms. The first-order chi connectivity index (χ1) is 4.63. The molecule has 0 saturated carbocycles. The van der Waals surface area contributed by atoms with Crippen molar-refractivity contribution in [3.63, 3.8) is 0 Å². The molecule has 4 atom stereocenters. The average Bonchev–Trinajstić information content (AvgIpc) is 1.93. The second kappa shape index (κ2) is 2.84. The molecule has 0 aromatic rings. The summed E-state index contributed by atoms with van der Waals surface area (Å²) >= 11 is 0. The summed E-state index contributed by atoms with van der Waals surface area (Å²) in [5, 5.41) is 27.0. The minimum absolute atomic E-state index is 0.0966. The average molecular weight is 148 g/mol. The second-order valence-corrected chi connectivity index (χ2v) is 2.59. The lowest BCUT2D eigenvalue weighted by atomic mass is 10.0. The maximum Gasteiger partial charge on any atom is 0.110 e. The third kappa shape index (κ3) is 1.29. The Morgan fingerprint density at radius 3 is 2.30 bits per heavy atom. The Hall–Kier alpha value is -0.160. The van der Waals surface area contributed by atoms with Gasteiger partial charge in [0, 0.05) is 0 Å². The molecule has 1 rings (SSSR count). The van der Waals surface area contributed by atoms with Crippen molar-refractivity contribution in [3.05, 3.63) is 0 Å². The second-order valence-electron chi connectivity index (χ2n) is 2.59. The molecule has 0 aliphatic carbocycles. The van der Waals surface area contributed by atoms with E-state index in [1.54, 1.807) is 6.92 Å². The molecule has 0 amide bonds. The van der Waals surface area contributed by atoms with Crippen molar-refractivity contribution < 1.29 is 20.1 Å². The highest BCUT2D eigenvalue weighted by molar-refractivity contribution is 4.83. The van der Waals surface area contributed by atoms with Crippen molar-refractivity contribution in [3.8, 4) is 0 Å². The fourth-order valence-corrected chi connectivity index (χ4v) is 0.953. The fourth-order valence-electron chi connectivity index (χ4n) is 0.953. The normalized spacial score (nSPS) is 49.2. The Kier molecular flexibility index (Phi) is 2.25. The van der Waals surface area contributed by atoms with Gasteiger partial charge in [-0.3, -0.25) is 0 Å². The highest BCUT2D eigenvalue weighted by atomic mass is 16.5. The van der Waals surface area contributed by atoms with Gasteiger partial charge in [-0.15, -0.1) is 0 Å². The van der Waals surface area contributed by atoms with E-state index < -0.39 is 24.4 Å². The van der Waals surface area contributed by atoms with E-state index in [0.717, 1.165) is 0 Å². The van der Waals surface area contributed by atoms with Gasteiger partial charge in [-0.25, -0.2) is 0 Å². The summed E-state index contributed by atoms with van der Waals surface area (Å²) in [6.07, 6.45) is -3.38. The molecule has 60 valence electrons. The fraction of sp³-hybridized carbons (Fsp3) is 1.00. The maximum absolute atomic E-state index is 9.08. The molecule has 1 heterocycles. The molecule has 10 heavy (non-hydrogen) atoms. The third-order valence-corrected chi connectivity index (χ3v) is 1.75. The maximum atomic E-state index is 9.08. The van der Waals surface area contributed by atoms with Crippen LogP contribution in [0.4, 0.5) is 0 Å². The van der Waals surface area contributed by atoms with E-state index in [9.17, 15) is 0 Å². The first-order valence-electron chi connectivity index (χ1n) is 3.28. The van der Waals surface area contributed by atoms with E-state index in [0.29, 0.717) is 0 Å². The van der Waals surface area contributed by atoms with Gasteiger partial charge in [0.2, 0.25) is 0 Å². The van der Waals surface area contributed by atoms with Gasteiger partial charge in [0.25, 0.3) is 0 Å². The third-order valence-electron chi connectivity index (χ3n) is 1.75. The summed E-state index contributed by atoms with van der Waals surface area (Å²) in [6.45, 7) is 1.75. The van der Waals surface area contributed by atoms with Crippen LogP contribution in [0.15, 0.2) is 0 Å². The molecule has 0 radical (unpaired) electrons. The van der Waals surface area contributed by atoms with E-state index in [1.165, 1.54) is 0 Å². The monoisotopic (exact) mass is 148 g/mol. The van der Waals surface area contributed by atoms with Crippen LogP contribution < -0.4 is 0 Å². The first kappa shape index (κ1) is 7.94. The summed E-state index contributed by atoms with van der Waals surface area (Å²) in [5.74, 6) is 0. The highest BCUT2D eigenvalue weighted by Gasteiger charge is 2.34. The standard InChI is InChI=1S/C6H12O4/c1-3-5(8)6(9)4(7)2-10-3/h3-9H,2H2,1H3/t3?,4?,5-,6+/m0/s1. The Bertz CT molecular complexity index is 102. The molecule has 0 spiro atoms. The van der Waals surface area contributed by atoms with Gasteiger partial charge < -0.3 is 20.1 Å². The zero-order valence-electron chi connectivity index (χ0n) is 5.77. The summed E-state index contributed by atoms with van der Waals surface area (Å²) in [5.41, 5.74) is 0. The quantitative estimate of drug-likeness (QED) is 0.390. The van der Waals surface area contributed by atoms with Crippen LogP contribution in [0, 0.1) is 0 Å². The largest absolute Gasteiger partial charge is 0.388 e. The zero-order valence-corrected chi connectivity index (χ0v) is 5.77. The summed E-state index contributed by atoms with van der Waals surface area (Å²) < 4.78 is 4.91. The van der Waals surface area contributed by atoms with Crippen molar-refractivity contribution in [2.75, 3.05) is 6.61 Å². The van der Waals surface area contributed by atoms with Gasteiger partial charge in [-0.05, 0) is 6.92 Å². The molecule has 0 aromatic heterocycles. The lowest BCUT2D eigenvalue weighted by molar-refractivity contribution is -0.181. The highest BCUT2D eigenvalue weighted by Crippen LogP contribution is 2.14. The minimum atomic E-state index is -1.07. The van der Waals surface area contributed by atoms with Crippen LogP contribution in [-0.2, 0) is 4.74 Å². The van der Waals surface area contributed by atoms with E-state index in [1.807, 2.05) is 0 Å². The van der Waals surface area contributed by atoms with Crippen molar-refractivity contribution in [2.45, 2.75) is 31.3 Å². The number of rotatable bonds is 0. The molecule has 0 aromatic carbocycles. The smallest absolute Gasteiger partial charge is 0.110 e. The molecule has 4 heteroatoms. The number of aliphatic hydroxyl groups excluding tert-OH is 3. The zero-order chi connectivity index (χ0) is 7.72. The Morgan fingerprint density at radius 2 is 1.80 bits per heavy atom. The molecule has 4 nitrogen and oxygen atoms in total. The van der Waals surface area contributed by atoms with E-state index in [-0.39, 0.29) is 6.61 Å². The number of hydrogen-bond donors (Lipinski definition) is 3. The Balaban J connectivity index is 2.52. The van der Waals surface area contributed by atoms with Gasteiger partial charge in [-0.1, -0.05) is 0 Å². The lowest BCUT2D eigenvalue weighted by Crippen LogP contribution is -2.51. The Labute approximate surface area is 59.1 Å². The van der Waals surface area contributed by atoms with Crippen molar-refractivity contribution in [1.29, 1.82) is 0 Å². The molecule has 1 fully saturated rings. The molecule has 3 N–H and O–H groups in total. The topological polar surface area (TPSA) is 69.9 Å². The van der Waals surface area contributed by atoms with Gasteiger partial charge in [-0.2, -0.15) is 0 Å². The minimum Gasteiger partial charge on any atom is -0.388 e. The van der Waals surface area contributed by atoms with Crippen LogP contribution in [0.2, 0.25) is 0 Å². The lowest BCUT2D eigenvalue weighted by Gasteiger charge is -2.33. The van der Waals surface area contributed by atoms with Crippen LogP contribution in [0.1, 0.15) is 6.92 Å². The first-order valence-corrected chi connectivity index (χ1v) is 3.28. The van der Waals surface area contributed by atoms with E-state index >= 15 is 0 Å². The SMILES string of the molecule is CC1OCC(O)[C@@H](O)[C@H]1O. The summed E-state index contributed by atoms with van der Waals surface area (Å²) in [6, 6.07) is 0. The van der Waals surface area contributed by atoms with Gasteiger partial charge in [0.05, 0.1) is 12.7 Å². The van der Waals surface area contributed by atoms with Crippen LogP contribution in [0.25, 0.3) is 0 Å². The summed E-state index contributed by atoms with van der Waals surface area (Å²) in [4.78, 5) is 0. The molecule has 1 aliphatic rings. The molecular formula is C6H12O4. The van der Waals surface area contributed by atoms with Gasteiger partial charge in [0.15, 0.2) is 0 Å². The van der Waals surface area contributed by atoms with Crippen LogP contribution in [0.5, 0.6) is 0 Å².